The van der Waals surface area contributed by atoms with Crippen LogP contribution in [-0.4, -0.2) is 17.6 Å². The largest absolute Gasteiger partial charge is 0.326 e. The van der Waals surface area contributed by atoms with Crippen LogP contribution in [0, 0.1) is 0 Å². The van der Waals surface area contributed by atoms with Crippen molar-refractivity contribution in [2.45, 2.75) is 12.8 Å². The van der Waals surface area contributed by atoms with Crippen LogP contribution in [0.2, 0.25) is 0 Å². The number of hydrogen-bond acceptors (Lipinski definition) is 2. The molecule has 0 atom stereocenters. The van der Waals surface area contributed by atoms with Gasteiger partial charge in [-0.3, -0.25) is 10.2 Å². The Hall–Kier alpha value is -2.20. The number of benzene rings is 2. The number of urea groups is 1. The van der Waals surface area contributed by atoms with Crippen LogP contribution in [0.3, 0.4) is 0 Å². The number of hydrogen-bond donors (Lipinski definition) is 1. The lowest BCUT2D eigenvalue weighted by Crippen LogP contribution is -2.44. The molecule has 1 N–H and O–H groups in total. The van der Waals surface area contributed by atoms with Gasteiger partial charge in [0, 0.05) is 17.8 Å². The highest BCUT2D eigenvalue weighted by molar-refractivity contribution is 7.80. The van der Waals surface area contributed by atoms with Crippen molar-refractivity contribution in [2.75, 3.05) is 11.4 Å². The molecule has 3 rings (SSSR count). The van der Waals surface area contributed by atoms with E-state index in [-0.39, 0.29) is 6.03 Å². The Labute approximate surface area is 129 Å². The van der Waals surface area contributed by atoms with Gasteiger partial charge in [0.1, 0.15) is 4.99 Å². The van der Waals surface area contributed by atoms with Gasteiger partial charge in [0.05, 0.1) is 0 Å². The maximum absolute atomic E-state index is 12.5. The van der Waals surface area contributed by atoms with Gasteiger partial charge >= 0.3 is 6.03 Å². The molecule has 2 aromatic rings. The van der Waals surface area contributed by atoms with Gasteiger partial charge in [-0.25, -0.2) is 4.79 Å². The molecule has 1 aliphatic heterocycles. The highest BCUT2D eigenvalue weighted by Gasteiger charge is 2.22. The smallest absolute Gasteiger partial charge is 0.298 e. The van der Waals surface area contributed by atoms with Crippen molar-refractivity contribution >= 4 is 28.9 Å². The summed E-state index contributed by atoms with van der Waals surface area (Å²) in [6, 6.07) is 17.4. The summed E-state index contributed by atoms with van der Waals surface area (Å²) < 4.78 is 0. The fraction of sp³-hybridized carbons (Fsp3) is 0.176. The third-order valence-electron chi connectivity index (χ3n) is 3.61. The number of nitrogens with one attached hydrogen (secondary N) is 1. The maximum Gasteiger partial charge on any atom is 0.326 e. The van der Waals surface area contributed by atoms with E-state index in [1.165, 1.54) is 5.56 Å². The molecule has 4 heteroatoms. The summed E-state index contributed by atoms with van der Waals surface area (Å²) in [5.74, 6) is 0. The molecule has 3 nitrogen and oxygen atoms in total. The molecule has 0 unspecified atom stereocenters. The zero-order valence-electron chi connectivity index (χ0n) is 11.6. The van der Waals surface area contributed by atoms with Gasteiger partial charge in [0.15, 0.2) is 0 Å². The van der Waals surface area contributed by atoms with E-state index in [0.717, 1.165) is 30.6 Å². The Bertz CT molecular complexity index is 670. The fourth-order valence-corrected chi connectivity index (χ4v) is 2.79. The summed E-state index contributed by atoms with van der Waals surface area (Å²) in [6.07, 6.45) is 1.99. The number of carbonyl (C=O) groups excluding carboxylic acids is 1. The summed E-state index contributed by atoms with van der Waals surface area (Å²) >= 11 is 5.31. The number of anilines is 1. The molecule has 1 aliphatic rings. The van der Waals surface area contributed by atoms with Gasteiger partial charge in [0.25, 0.3) is 0 Å². The van der Waals surface area contributed by atoms with Gasteiger partial charge in [0.2, 0.25) is 0 Å². The average Bonchev–Trinajstić information content (AvgIpc) is 2.55. The second-order valence-electron chi connectivity index (χ2n) is 5.01. The molecule has 0 bridgehead atoms. The number of thiocarbonyl (C=S) groups is 1. The SMILES string of the molecule is O=C(NC(=S)c1ccccc1)N1CCCc2ccccc21. The molecule has 2 amide bonds. The standard InChI is InChI=1S/C17H16N2OS/c20-17(18-16(21)14-8-2-1-3-9-14)19-12-6-10-13-7-4-5-11-15(13)19/h1-5,7-9,11H,6,10,12H2,(H,18,20,21). The van der Waals surface area contributed by atoms with Crippen LogP contribution in [-0.2, 0) is 6.42 Å². The van der Waals surface area contributed by atoms with Crippen molar-refractivity contribution in [3.8, 4) is 0 Å². The summed E-state index contributed by atoms with van der Waals surface area (Å²) in [5, 5.41) is 2.83. The number of rotatable bonds is 1. The molecule has 2 aromatic carbocycles. The molecule has 21 heavy (non-hydrogen) atoms. The van der Waals surface area contributed by atoms with E-state index in [9.17, 15) is 4.79 Å². The first-order chi connectivity index (χ1) is 10.3. The highest BCUT2D eigenvalue weighted by atomic mass is 32.1. The molecular formula is C17H16N2OS. The quantitative estimate of drug-likeness (QED) is 0.817. The topological polar surface area (TPSA) is 32.3 Å². The number of fused-ring (bicyclic) bond motifs is 1. The Morgan fingerprint density at radius 2 is 1.76 bits per heavy atom. The van der Waals surface area contributed by atoms with E-state index >= 15 is 0 Å². The number of carbonyl (C=O) groups is 1. The summed E-state index contributed by atoms with van der Waals surface area (Å²) in [6.45, 7) is 0.722. The lowest BCUT2D eigenvalue weighted by Gasteiger charge is -2.29. The number of aryl methyl sites for hydroxylation is 1. The monoisotopic (exact) mass is 296 g/mol. The van der Waals surface area contributed by atoms with Crippen LogP contribution in [0.5, 0.6) is 0 Å². The Morgan fingerprint density at radius 3 is 2.57 bits per heavy atom. The van der Waals surface area contributed by atoms with Gasteiger partial charge in [-0.2, -0.15) is 0 Å². The van der Waals surface area contributed by atoms with Crippen LogP contribution in [0.4, 0.5) is 10.5 Å². The predicted octanol–water partition coefficient (Wildman–Crippen LogP) is 3.52. The van der Waals surface area contributed by atoms with Gasteiger partial charge in [-0.15, -0.1) is 0 Å². The van der Waals surface area contributed by atoms with Crippen LogP contribution in [0.1, 0.15) is 17.5 Å². The van der Waals surface area contributed by atoms with Crippen LogP contribution in [0.25, 0.3) is 0 Å². The second-order valence-corrected chi connectivity index (χ2v) is 5.42. The maximum atomic E-state index is 12.5. The van der Waals surface area contributed by atoms with E-state index in [1.54, 1.807) is 4.90 Å². The Kier molecular flexibility index (Phi) is 3.97. The number of nitrogens with zero attached hydrogens (tertiary/aromatic N) is 1. The van der Waals surface area contributed by atoms with Crippen molar-refractivity contribution < 1.29 is 4.79 Å². The average molecular weight is 296 g/mol. The molecule has 0 radical (unpaired) electrons. The van der Waals surface area contributed by atoms with Crippen molar-refractivity contribution in [1.29, 1.82) is 0 Å². The van der Waals surface area contributed by atoms with Crippen LogP contribution in [0.15, 0.2) is 54.6 Å². The molecule has 0 aliphatic carbocycles. The van der Waals surface area contributed by atoms with E-state index in [2.05, 4.69) is 11.4 Å². The third kappa shape index (κ3) is 2.95. The van der Waals surface area contributed by atoms with E-state index in [4.69, 9.17) is 12.2 Å². The van der Waals surface area contributed by atoms with Crippen LogP contribution >= 0.6 is 12.2 Å². The minimum absolute atomic E-state index is 0.156. The molecule has 1 heterocycles. The molecule has 0 fully saturated rings. The van der Waals surface area contributed by atoms with E-state index in [1.807, 2.05) is 48.5 Å². The second kappa shape index (κ2) is 6.06. The van der Waals surface area contributed by atoms with Gasteiger partial charge in [-0.1, -0.05) is 60.7 Å². The zero-order valence-corrected chi connectivity index (χ0v) is 12.4. The van der Waals surface area contributed by atoms with Crippen molar-refractivity contribution in [3.05, 3.63) is 65.7 Å². The van der Waals surface area contributed by atoms with Crippen molar-refractivity contribution in [2.24, 2.45) is 0 Å². The summed E-state index contributed by atoms with van der Waals surface area (Å²) in [4.78, 5) is 14.7. The van der Waals surface area contributed by atoms with Crippen molar-refractivity contribution in [3.63, 3.8) is 0 Å². The highest BCUT2D eigenvalue weighted by Crippen LogP contribution is 2.26. The molecular weight excluding hydrogens is 280 g/mol. The fourth-order valence-electron chi connectivity index (χ4n) is 2.57. The molecule has 0 aromatic heterocycles. The zero-order chi connectivity index (χ0) is 14.7. The Morgan fingerprint density at radius 1 is 1.05 bits per heavy atom. The van der Waals surface area contributed by atoms with E-state index in [0.29, 0.717) is 4.99 Å². The third-order valence-corrected chi connectivity index (χ3v) is 3.95. The van der Waals surface area contributed by atoms with Gasteiger partial charge < -0.3 is 0 Å². The lowest BCUT2D eigenvalue weighted by molar-refractivity contribution is 0.250. The number of amides is 2. The first kappa shape index (κ1) is 13.8. The lowest BCUT2D eigenvalue weighted by atomic mass is 10.0. The summed E-state index contributed by atoms with van der Waals surface area (Å²) in [5.41, 5.74) is 3.05. The molecule has 0 saturated carbocycles. The molecule has 0 spiro atoms. The molecule has 106 valence electrons. The normalized spacial score (nSPS) is 13.4. The van der Waals surface area contributed by atoms with Crippen molar-refractivity contribution in [1.82, 2.24) is 5.32 Å². The number of para-hydroxylation sites is 1. The van der Waals surface area contributed by atoms with Crippen LogP contribution < -0.4 is 10.2 Å². The van der Waals surface area contributed by atoms with Gasteiger partial charge in [-0.05, 0) is 24.5 Å². The first-order valence-corrected chi connectivity index (χ1v) is 7.42. The minimum atomic E-state index is -0.156. The summed E-state index contributed by atoms with van der Waals surface area (Å²) in [7, 11) is 0. The predicted molar refractivity (Wildman–Crippen MR) is 88.8 cm³/mol. The molecule has 0 saturated heterocycles. The minimum Gasteiger partial charge on any atom is -0.298 e. The first-order valence-electron chi connectivity index (χ1n) is 7.01. The Balaban J connectivity index is 1.76. The van der Waals surface area contributed by atoms with E-state index < -0.39 is 0 Å².